The summed E-state index contributed by atoms with van der Waals surface area (Å²) in [7, 11) is 0. The highest BCUT2D eigenvalue weighted by molar-refractivity contribution is 5.69. The molecule has 2 aromatic heterocycles. The molecule has 0 aliphatic heterocycles. The lowest BCUT2D eigenvalue weighted by Gasteiger charge is -2.35. The summed E-state index contributed by atoms with van der Waals surface area (Å²) < 4.78 is 28.0. The molecule has 1 atom stereocenters. The van der Waals surface area contributed by atoms with Gasteiger partial charge in [0.05, 0.1) is 60.2 Å². The molecule has 0 saturated carbocycles. The summed E-state index contributed by atoms with van der Waals surface area (Å²) in [6.45, 7) is 18.7. The van der Waals surface area contributed by atoms with E-state index in [-0.39, 0.29) is 30.4 Å². The van der Waals surface area contributed by atoms with E-state index in [1.54, 1.807) is 16.8 Å². The number of phenols is 1. The minimum atomic E-state index is -0.512. The lowest BCUT2D eigenvalue weighted by atomic mass is 9.80. The first-order chi connectivity index (χ1) is 28.8. The van der Waals surface area contributed by atoms with E-state index in [1.807, 2.05) is 68.5 Å². The van der Waals surface area contributed by atoms with Crippen LogP contribution in [0.5, 0.6) is 5.75 Å². The molecule has 0 radical (unpaired) electrons. The Kier molecular flexibility index (Phi) is 16.8. The van der Waals surface area contributed by atoms with Crippen molar-refractivity contribution in [3.05, 3.63) is 88.5 Å². The number of aromatic hydroxyl groups is 1. The SMILES string of the molecule is C=NOCCOC(C)(C)C1CCCCCc2c1nnn2C(C)(C)CCOC(C)(C)CCNC(=O)OCCn1nnc(COCc2ccc(O)cc2)c1C=Cc1ccccc1. The van der Waals surface area contributed by atoms with E-state index in [0.717, 1.165) is 61.0 Å². The van der Waals surface area contributed by atoms with E-state index in [0.29, 0.717) is 51.6 Å². The van der Waals surface area contributed by atoms with Crippen molar-refractivity contribution in [3.63, 3.8) is 0 Å². The maximum atomic E-state index is 12.7. The molecule has 60 heavy (non-hydrogen) atoms. The van der Waals surface area contributed by atoms with Gasteiger partial charge in [-0.25, -0.2) is 14.2 Å². The average molecular weight is 829 g/mol. The molecule has 0 spiro atoms. The number of alkyl carbamates (subject to hydrolysis) is 1. The molecule has 4 aromatic rings. The van der Waals surface area contributed by atoms with E-state index in [2.05, 4.69) is 59.9 Å². The van der Waals surface area contributed by atoms with Gasteiger partial charge in [0, 0.05) is 25.8 Å². The molecule has 1 unspecified atom stereocenters. The number of ether oxygens (including phenoxy) is 4. The fourth-order valence-electron chi connectivity index (χ4n) is 7.34. The molecule has 5 rings (SSSR count). The third kappa shape index (κ3) is 13.7. The summed E-state index contributed by atoms with van der Waals surface area (Å²) >= 11 is 0. The molecule has 2 N–H and O–H groups in total. The van der Waals surface area contributed by atoms with Crippen molar-refractivity contribution < 1.29 is 33.7 Å². The Bertz CT molecular complexity index is 1960. The molecular formula is C45H64N8O7. The number of carbonyl (C=O) groups is 1. The highest BCUT2D eigenvalue weighted by Gasteiger charge is 2.38. The van der Waals surface area contributed by atoms with Crippen LogP contribution in [-0.4, -0.2) is 92.1 Å². The predicted molar refractivity (Wildman–Crippen MR) is 230 cm³/mol. The van der Waals surface area contributed by atoms with Gasteiger partial charge in [0.25, 0.3) is 0 Å². The number of hydrogen-bond acceptors (Lipinski definition) is 12. The topological polar surface area (TPSA) is 169 Å². The fraction of sp³-hybridized carbons (Fsp3) is 0.556. The molecule has 326 valence electrons. The standard InChI is InChI=1S/C45H64N8O7/c1-43(2,53-40-17-13-9-12-16-37(41(40)49-51-53)45(5,6)59-30-31-60-46-7)25-28-58-44(3,4)24-26-47-42(55)57-29-27-52-39(23-20-34-14-10-8-11-15-34)38(48-50-52)33-56-32-35-18-21-36(54)22-19-35/h8,10-11,14-15,18-23,37,54H,7,9,12-13,16-17,24-33H2,1-6H3,(H,47,55). The van der Waals surface area contributed by atoms with E-state index >= 15 is 0 Å². The number of benzene rings is 2. The zero-order chi connectivity index (χ0) is 43.0. The Morgan fingerprint density at radius 1 is 0.900 bits per heavy atom. The maximum absolute atomic E-state index is 12.7. The lowest BCUT2D eigenvalue weighted by Crippen LogP contribution is -2.37. The number of nitrogens with zero attached hydrogens (tertiary/aromatic N) is 7. The summed E-state index contributed by atoms with van der Waals surface area (Å²) in [5.41, 5.74) is 4.29. The van der Waals surface area contributed by atoms with Crippen LogP contribution in [0.15, 0.2) is 59.8 Å². The first-order valence-corrected chi connectivity index (χ1v) is 21.0. The fourth-order valence-corrected chi connectivity index (χ4v) is 7.34. The van der Waals surface area contributed by atoms with Gasteiger partial charge in [-0.2, -0.15) is 0 Å². The Morgan fingerprint density at radius 2 is 1.68 bits per heavy atom. The van der Waals surface area contributed by atoms with Crippen LogP contribution in [0.25, 0.3) is 12.2 Å². The molecule has 1 amide bonds. The van der Waals surface area contributed by atoms with E-state index in [4.69, 9.17) is 34.1 Å². The van der Waals surface area contributed by atoms with Gasteiger partial charge in [-0.05, 0) is 103 Å². The molecule has 1 aliphatic rings. The van der Waals surface area contributed by atoms with E-state index in [9.17, 15) is 9.90 Å². The Labute approximate surface area is 354 Å². The molecular weight excluding hydrogens is 765 g/mol. The monoisotopic (exact) mass is 828 g/mol. The maximum Gasteiger partial charge on any atom is 0.407 e. The van der Waals surface area contributed by atoms with Gasteiger partial charge >= 0.3 is 6.09 Å². The second-order valence-electron chi connectivity index (χ2n) is 16.9. The van der Waals surface area contributed by atoms with Crippen molar-refractivity contribution in [2.45, 2.75) is 129 Å². The van der Waals surface area contributed by atoms with Crippen LogP contribution in [-0.2, 0) is 55.5 Å². The quantitative estimate of drug-likeness (QED) is 0.0425. The number of rotatable bonds is 23. The van der Waals surface area contributed by atoms with Crippen LogP contribution in [0.4, 0.5) is 4.79 Å². The minimum Gasteiger partial charge on any atom is -0.508 e. The minimum absolute atomic E-state index is 0.101. The van der Waals surface area contributed by atoms with Crippen molar-refractivity contribution >= 4 is 25.0 Å². The van der Waals surface area contributed by atoms with Crippen LogP contribution < -0.4 is 5.32 Å². The Hall–Kier alpha value is -5.12. The van der Waals surface area contributed by atoms with Crippen molar-refractivity contribution in [3.8, 4) is 5.75 Å². The van der Waals surface area contributed by atoms with Crippen molar-refractivity contribution in [2.24, 2.45) is 5.16 Å². The highest BCUT2D eigenvalue weighted by Crippen LogP contribution is 2.39. The zero-order valence-corrected chi connectivity index (χ0v) is 36.3. The molecule has 15 heteroatoms. The Balaban J connectivity index is 1.08. The summed E-state index contributed by atoms with van der Waals surface area (Å²) in [5, 5.41) is 34.1. The molecule has 0 fully saturated rings. The third-order valence-electron chi connectivity index (χ3n) is 10.9. The number of aromatic nitrogens is 6. The summed E-state index contributed by atoms with van der Waals surface area (Å²) in [6.07, 6.45) is 10.00. The van der Waals surface area contributed by atoms with Crippen molar-refractivity contribution in [1.82, 2.24) is 35.3 Å². The van der Waals surface area contributed by atoms with Gasteiger partial charge in [0.2, 0.25) is 0 Å². The number of carbonyl (C=O) groups excluding carboxylic acids is 1. The summed E-state index contributed by atoms with van der Waals surface area (Å²) in [5.74, 6) is 0.308. The number of nitrogens with one attached hydrogen (secondary N) is 1. The highest BCUT2D eigenvalue weighted by atomic mass is 16.6. The molecule has 2 heterocycles. The van der Waals surface area contributed by atoms with Crippen LogP contribution >= 0.6 is 0 Å². The third-order valence-corrected chi connectivity index (χ3v) is 10.9. The first kappa shape index (κ1) is 46.0. The molecule has 15 nitrogen and oxygen atoms in total. The second kappa shape index (κ2) is 21.9. The normalized spacial score (nSPS) is 15.0. The molecule has 0 saturated heterocycles. The van der Waals surface area contributed by atoms with Gasteiger partial charge < -0.3 is 34.2 Å². The van der Waals surface area contributed by atoms with Crippen LogP contribution in [0.3, 0.4) is 0 Å². The van der Waals surface area contributed by atoms with E-state index < -0.39 is 17.3 Å². The Morgan fingerprint density at radius 3 is 2.45 bits per heavy atom. The predicted octanol–water partition coefficient (Wildman–Crippen LogP) is 7.83. The van der Waals surface area contributed by atoms with Crippen LogP contribution in [0, 0.1) is 0 Å². The molecule has 1 aliphatic carbocycles. The van der Waals surface area contributed by atoms with Crippen molar-refractivity contribution in [2.75, 3.05) is 33.0 Å². The first-order valence-electron chi connectivity index (χ1n) is 21.0. The number of phenolic OH excluding ortho intramolecular Hbond substituents is 1. The van der Waals surface area contributed by atoms with Crippen LogP contribution in [0.1, 0.15) is 120 Å². The second-order valence-corrected chi connectivity index (χ2v) is 16.9. The summed E-state index contributed by atoms with van der Waals surface area (Å²) in [4.78, 5) is 17.8. The number of fused-ring (bicyclic) bond motifs is 1. The number of amides is 1. The van der Waals surface area contributed by atoms with Gasteiger partial charge in [-0.15, -0.1) is 15.4 Å². The number of oxime groups is 1. The van der Waals surface area contributed by atoms with Gasteiger partial charge in [-0.1, -0.05) is 71.8 Å². The zero-order valence-electron chi connectivity index (χ0n) is 36.3. The van der Waals surface area contributed by atoms with Crippen molar-refractivity contribution in [1.29, 1.82) is 0 Å². The lowest BCUT2D eigenvalue weighted by molar-refractivity contribution is -0.0636. The van der Waals surface area contributed by atoms with Gasteiger partial charge in [0.15, 0.2) is 0 Å². The van der Waals surface area contributed by atoms with Gasteiger partial charge in [-0.3, -0.25) is 0 Å². The smallest absolute Gasteiger partial charge is 0.407 e. The van der Waals surface area contributed by atoms with E-state index in [1.165, 1.54) is 5.69 Å². The molecule has 2 aromatic carbocycles. The molecule has 0 bridgehead atoms. The number of hydrogen-bond donors (Lipinski definition) is 2. The van der Waals surface area contributed by atoms with Crippen LogP contribution in [0.2, 0.25) is 0 Å². The van der Waals surface area contributed by atoms with Gasteiger partial charge in [0.1, 0.15) is 24.7 Å². The summed E-state index contributed by atoms with van der Waals surface area (Å²) in [6, 6.07) is 16.8. The average Bonchev–Trinajstić information content (AvgIpc) is 3.80. The largest absolute Gasteiger partial charge is 0.508 e.